The van der Waals surface area contributed by atoms with E-state index in [1.54, 1.807) is 31.2 Å². The van der Waals surface area contributed by atoms with E-state index in [2.05, 4.69) is 21.2 Å². The van der Waals surface area contributed by atoms with Crippen LogP contribution in [0.1, 0.15) is 18.9 Å². The van der Waals surface area contributed by atoms with Gasteiger partial charge >= 0.3 is 11.8 Å². The molecule has 0 fully saturated rings. The topological polar surface area (TPSA) is 112 Å². The lowest BCUT2D eigenvalue weighted by Gasteiger charge is -2.13. The van der Waals surface area contributed by atoms with Gasteiger partial charge in [-0.3, -0.25) is 14.4 Å². The van der Waals surface area contributed by atoms with Crippen molar-refractivity contribution in [1.82, 2.24) is 5.43 Å². The van der Waals surface area contributed by atoms with Crippen LogP contribution in [-0.4, -0.2) is 44.6 Å². The van der Waals surface area contributed by atoms with Crippen molar-refractivity contribution in [3.8, 4) is 5.75 Å². The van der Waals surface area contributed by atoms with Gasteiger partial charge in [-0.1, -0.05) is 6.07 Å². The number of ether oxygens (including phenoxy) is 1. The van der Waals surface area contributed by atoms with Crippen LogP contribution >= 0.6 is 0 Å². The predicted octanol–water partition coefficient (Wildman–Crippen LogP) is 2.53. The van der Waals surface area contributed by atoms with Crippen molar-refractivity contribution in [2.75, 3.05) is 36.7 Å². The molecule has 9 heteroatoms. The lowest BCUT2D eigenvalue weighted by atomic mass is 10.2. The Hall–Kier alpha value is -3.88. The second-order valence-corrected chi connectivity index (χ2v) is 7.11. The molecular weight excluding hydrogens is 398 g/mol. The van der Waals surface area contributed by atoms with Gasteiger partial charge in [0.15, 0.2) is 0 Å². The molecule has 3 N–H and O–H groups in total. The second kappa shape index (κ2) is 10.8. The van der Waals surface area contributed by atoms with E-state index >= 15 is 0 Å². The molecule has 0 heterocycles. The number of rotatable bonds is 7. The highest BCUT2D eigenvalue weighted by Gasteiger charge is 2.16. The normalized spacial score (nSPS) is 10.8. The highest BCUT2D eigenvalue weighted by Crippen LogP contribution is 2.25. The first kappa shape index (κ1) is 23.4. The number of nitrogens with zero attached hydrogens (tertiary/aromatic N) is 2. The van der Waals surface area contributed by atoms with Crippen LogP contribution in [0.15, 0.2) is 47.6 Å². The summed E-state index contributed by atoms with van der Waals surface area (Å²) in [6.07, 6.45) is -0.0387. The first-order valence-electron chi connectivity index (χ1n) is 9.56. The molecule has 3 amide bonds. The highest BCUT2D eigenvalue weighted by atomic mass is 16.5. The molecule has 2 aromatic rings. The summed E-state index contributed by atoms with van der Waals surface area (Å²) in [4.78, 5) is 38.2. The maximum absolute atomic E-state index is 12.2. The van der Waals surface area contributed by atoms with Crippen LogP contribution in [0.4, 0.5) is 17.1 Å². The molecule has 2 rings (SSSR count). The van der Waals surface area contributed by atoms with Crippen LogP contribution in [0.3, 0.4) is 0 Å². The summed E-state index contributed by atoms with van der Waals surface area (Å²) in [5, 5.41) is 9.06. The van der Waals surface area contributed by atoms with Crippen LogP contribution in [0.2, 0.25) is 0 Å². The van der Waals surface area contributed by atoms with E-state index in [0.29, 0.717) is 22.8 Å². The minimum absolute atomic E-state index is 0.0387. The average molecular weight is 425 g/mol. The number of benzene rings is 2. The minimum Gasteiger partial charge on any atom is -0.495 e. The van der Waals surface area contributed by atoms with Crippen molar-refractivity contribution in [1.29, 1.82) is 0 Å². The van der Waals surface area contributed by atoms with E-state index in [9.17, 15) is 14.4 Å². The lowest BCUT2D eigenvalue weighted by Crippen LogP contribution is -2.33. The Morgan fingerprint density at radius 1 is 1.00 bits per heavy atom. The van der Waals surface area contributed by atoms with Gasteiger partial charge in [-0.05, 0) is 55.8 Å². The standard InChI is InChI=1S/C22H27N5O4/c1-14-6-11-19(31-5)18(12-14)24-21(29)22(30)26-25-15(2)13-20(28)23-16-7-9-17(10-8-16)27(3)4/h6-12H,13H2,1-5H3,(H,23,28)(H,24,29)(H,26,30). The molecule has 0 atom stereocenters. The van der Waals surface area contributed by atoms with E-state index in [1.165, 1.54) is 7.11 Å². The van der Waals surface area contributed by atoms with Crippen LogP contribution in [0, 0.1) is 6.92 Å². The van der Waals surface area contributed by atoms with Crippen molar-refractivity contribution in [3.05, 3.63) is 48.0 Å². The maximum atomic E-state index is 12.2. The fraction of sp³-hybridized carbons (Fsp3) is 0.273. The number of anilines is 3. The fourth-order valence-corrected chi connectivity index (χ4v) is 2.62. The van der Waals surface area contributed by atoms with E-state index in [4.69, 9.17) is 4.74 Å². The van der Waals surface area contributed by atoms with Gasteiger partial charge in [0.05, 0.1) is 19.2 Å². The summed E-state index contributed by atoms with van der Waals surface area (Å²) in [6.45, 7) is 3.43. The van der Waals surface area contributed by atoms with Gasteiger partial charge in [-0.15, -0.1) is 0 Å². The number of amides is 3. The summed E-state index contributed by atoms with van der Waals surface area (Å²) in [7, 11) is 5.33. The molecule has 2 aromatic carbocycles. The molecule has 0 aliphatic heterocycles. The van der Waals surface area contributed by atoms with Crippen LogP contribution in [0.5, 0.6) is 5.75 Å². The highest BCUT2D eigenvalue weighted by molar-refractivity contribution is 6.39. The number of carbonyl (C=O) groups excluding carboxylic acids is 3. The fourth-order valence-electron chi connectivity index (χ4n) is 2.62. The smallest absolute Gasteiger partial charge is 0.329 e. The number of hydrogen-bond acceptors (Lipinski definition) is 6. The van der Waals surface area contributed by atoms with Crippen LogP contribution < -0.4 is 25.7 Å². The molecule has 0 unspecified atom stereocenters. The van der Waals surface area contributed by atoms with Gasteiger partial charge in [0.2, 0.25) is 5.91 Å². The Morgan fingerprint density at radius 3 is 2.29 bits per heavy atom. The lowest BCUT2D eigenvalue weighted by molar-refractivity contribution is -0.136. The van der Waals surface area contributed by atoms with Crippen molar-refractivity contribution in [2.24, 2.45) is 5.10 Å². The van der Waals surface area contributed by atoms with Gasteiger partial charge < -0.3 is 20.3 Å². The van der Waals surface area contributed by atoms with Gasteiger partial charge in [-0.2, -0.15) is 5.10 Å². The van der Waals surface area contributed by atoms with Gasteiger partial charge in [0.1, 0.15) is 5.75 Å². The number of aryl methyl sites for hydroxylation is 1. The Morgan fingerprint density at radius 2 is 1.68 bits per heavy atom. The van der Waals surface area contributed by atoms with Crippen molar-refractivity contribution >= 4 is 40.5 Å². The molecule has 0 bridgehead atoms. The number of hydrazone groups is 1. The zero-order chi connectivity index (χ0) is 23.0. The largest absolute Gasteiger partial charge is 0.495 e. The first-order valence-corrected chi connectivity index (χ1v) is 9.56. The molecule has 9 nitrogen and oxygen atoms in total. The van der Waals surface area contributed by atoms with Crippen molar-refractivity contribution < 1.29 is 19.1 Å². The third-order valence-corrected chi connectivity index (χ3v) is 4.24. The summed E-state index contributed by atoms with van der Waals surface area (Å²) >= 11 is 0. The quantitative estimate of drug-likeness (QED) is 0.359. The van der Waals surface area contributed by atoms with Crippen LogP contribution in [-0.2, 0) is 14.4 Å². The third kappa shape index (κ3) is 7.14. The summed E-state index contributed by atoms with van der Waals surface area (Å²) in [5.41, 5.74) is 5.44. The zero-order valence-corrected chi connectivity index (χ0v) is 18.3. The Labute approximate surface area is 181 Å². The van der Waals surface area contributed by atoms with Gasteiger partial charge in [0, 0.05) is 31.2 Å². The molecule has 0 saturated heterocycles. The Balaban J connectivity index is 1.87. The monoisotopic (exact) mass is 425 g/mol. The van der Waals surface area contributed by atoms with Gasteiger partial charge in [0.25, 0.3) is 0 Å². The zero-order valence-electron chi connectivity index (χ0n) is 18.3. The molecule has 0 aliphatic carbocycles. The molecule has 31 heavy (non-hydrogen) atoms. The molecule has 0 aromatic heterocycles. The Bertz CT molecular complexity index is 984. The molecule has 164 valence electrons. The third-order valence-electron chi connectivity index (χ3n) is 4.24. The molecular formula is C22H27N5O4. The number of carbonyl (C=O) groups is 3. The molecule has 0 aliphatic rings. The van der Waals surface area contributed by atoms with Gasteiger partial charge in [-0.25, -0.2) is 5.43 Å². The molecule has 0 spiro atoms. The van der Waals surface area contributed by atoms with Crippen LogP contribution in [0.25, 0.3) is 0 Å². The Kier molecular flexibility index (Phi) is 8.13. The summed E-state index contributed by atoms with van der Waals surface area (Å²) in [6, 6.07) is 12.6. The SMILES string of the molecule is COc1ccc(C)cc1NC(=O)C(=O)NN=C(C)CC(=O)Nc1ccc(N(C)C)cc1. The number of nitrogens with one attached hydrogen (secondary N) is 3. The van der Waals surface area contributed by atoms with E-state index < -0.39 is 11.8 Å². The molecule has 0 radical (unpaired) electrons. The average Bonchev–Trinajstić information content (AvgIpc) is 2.72. The number of methoxy groups -OCH3 is 1. The maximum Gasteiger partial charge on any atom is 0.329 e. The molecule has 0 saturated carbocycles. The summed E-state index contributed by atoms with van der Waals surface area (Å²) in [5.74, 6) is -1.71. The predicted molar refractivity (Wildman–Crippen MR) is 122 cm³/mol. The number of hydrogen-bond donors (Lipinski definition) is 3. The van der Waals surface area contributed by atoms with E-state index in [1.807, 2.05) is 44.1 Å². The summed E-state index contributed by atoms with van der Waals surface area (Å²) < 4.78 is 5.17. The van der Waals surface area contributed by atoms with E-state index in [0.717, 1.165) is 11.3 Å². The first-order chi connectivity index (χ1) is 14.7. The van der Waals surface area contributed by atoms with E-state index in [-0.39, 0.29) is 12.3 Å². The minimum atomic E-state index is -0.956. The van der Waals surface area contributed by atoms with Crippen molar-refractivity contribution in [3.63, 3.8) is 0 Å². The second-order valence-electron chi connectivity index (χ2n) is 7.11. The van der Waals surface area contributed by atoms with Crippen molar-refractivity contribution in [2.45, 2.75) is 20.3 Å².